The molecule has 2 fully saturated rings. The van der Waals surface area contributed by atoms with E-state index in [1.54, 1.807) is 4.90 Å². The fraction of sp³-hybridized carbons (Fsp3) is 0.579. The Labute approximate surface area is 149 Å². The Balaban J connectivity index is 1.55. The summed E-state index contributed by atoms with van der Waals surface area (Å²) < 4.78 is 5.32. The Morgan fingerprint density at radius 2 is 2.08 bits per heavy atom. The van der Waals surface area contributed by atoms with Crippen molar-refractivity contribution in [2.75, 3.05) is 32.8 Å². The average molecular weight is 345 g/mol. The molecule has 2 amide bonds. The van der Waals surface area contributed by atoms with Crippen LogP contribution in [0.25, 0.3) is 0 Å². The fourth-order valence-electron chi connectivity index (χ4n) is 3.28. The molecule has 2 aliphatic rings. The van der Waals surface area contributed by atoms with E-state index < -0.39 is 6.04 Å². The van der Waals surface area contributed by atoms with Crippen molar-refractivity contribution in [2.24, 2.45) is 0 Å². The predicted molar refractivity (Wildman–Crippen MR) is 94.9 cm³/mol. The van der Waals surface area contributed by atoms with Crippen LogP contribution in [-0.4, -0.2) is 66.5 Å². The molecular formula is C19H27N3O3. The second-order valence-electron chi connectivity index (χ2n) is 6.69. The highest BCUT2D eigenvalue weighted by Gasteiger charge is 2.34. The summed E-state index contributed by atoms with van der Waals surface area (Å²) >= 11 is 0. The lowest BCUT2D eigenvalue weighted by Gasteiger charge is -2.34. The summed E-state index contributed by atoms with van der Waals surface area (Å²) in [5, 5.41) is 2.98. The van der Waals surface area contributed by atoms with Gasteiger partial charge >= 0.3 is 0 Å². The minimum absolute atomic E-state index is 0.0436. The zero-order valence-corrected chi connectivity index (χ0v) is 14.8. The van der Waals surface area contributed by atoms with Crippen molar-refractivity contribution in [3.05, 3.63) is 35.9 Å². The number of morpholine rings is 1. The van der Waals surface area contributed by atoms with Crippen molar-refractivity contribution in [1.29, 1.82) is 0 Å². The first kappa shape index (κ1) is 17.9. The van der Waals surface area contributed by atoms with E-state index in [1.807, 2.05) is 30.3 Å². The van der Waals surface area contributed by atoms with E-state index in [1.165, 1.54) is 12.8 Å². The molecule has 1 aromatic rings. The largest absolute Gasteiger partial charge is 0.369 e. The van der Waals surface area contributed by atoms with Gasteiger partial charge in [-0.2, -0.15) is 0 Å². The molecule has 1 aromatic carbocycles. The van der Waals surface area contributed by atoms with Gasteiger partial charge in [0.05, 0.1) is 6.61 Å². The summed E-state index contributed by atoms with van der Waals surface area (Å²) in [5.41, 5.74) is 1.02. The molecule has 1 saturated heterocycles. The number of hydrogen-bond acceptors (Lipinski definition) is 4. The second kappa shape index (κ2) is 8.45. The van der Waals surface area contributed by atoms with E-state index in [0.29, 0.717) is 19.1 Å². The molecule has 1 aliphatic carbocycles. The number of rotatable bonds is 8. The topological polar surface area (TPSA) is 61.9 Å². The molecule has 6 heteroatoms. The summed E-state index contributed by atoms with van der Waals surface area (Å²) in [7, 11) is 0. The van der Waals surface area contributed by atoms with Crippen LogP contribution in [0.5, 0.6) is 0 Å². The van der Waals surface area contributed by atoms with Gasteiger partial charge in [0.25, 0.3) is 0 Å². The molecular weight excluding hydrogens is 318 g/mol. The van der Waals surface area contributed by atoms with Crippen LogP contribution in [0.15, 0.2) is 30.3 Å². The third kappa shape index (κ3) is 4.80. The smallest absolute Gasteiger partial charge is 0.249 e. The van der Waals surface area contributed by atoms with E-state index in [9.17, 15) is 9.59 Å². The summed E-state index contributed by atoms with van der Waals surface area (Å²) in [6.07, 6.45) is 2.52. The minimum Gasteiger partial charge on any atom is -0.369 e. The number of ether oxygens (including phenoxy) is 1. The molecule has 0 bridgehead atoms. The quantitative estimate of drug-likeness (QED) is 0.764. The standard InChI is InChI=1S/C19H27N3O3/c1-2-21(16-8-9-16)11-10-20-19(24)17-13-25-14-18(23)22(17)12-15-6-4-3-5-7-15/h3-7,16-17H,2,8-14H2,1H3,(H,20,24)/t17-/m0/s1. The summed E-state index contributed by atoms with van der Waals surface area (Å²) in [6, 6.07) is 9.88. The Hall–Kier alpha value is -1.92. The minimum atomic E-state index is -0.558. The molecule has 25 heavy (non-hydrogen) atoms. The first-order valence-corrected chi connectivity index (χ1v) is 9.12. The predicted octanol–water partition coefficient (Wildman–Crippen LogP) is 1.01. The number of benzene rings is 1. The van der Waals surface area contributed by atoms with Crippen molar-refractivity contribution >= 4 is 11.8 Å². The molecule has 3 rings (SSSR count). The SMILES string of the molecule is CCN(CCNC(=O)[C@@H]1COCC(=O)N1Cc1ccccc1)C1CC1. The fourth-order valence-corrected chi connectivity index (χ4v) is 3.28. The van der Waals surface area contributed by atoms with Gasteiger partial charge < -0.3 is 15.0 Å². The van der Waals surface area contributed by atoms with E-state index in [4.69, 9.17) is 4.74 Å². The second-order valence-corrected chi connectivity index (χ2v) is 6.69. The monoisotopic (exact) mass is 345 g/mol. The van der Waals surface area contributed by atoms with Gasteiger partial charge in [-0.15, -0.1) is 0 Å². The van der Waals surface area contributed by atoms with Crippen LogP contribution in [-0.2, 0) is 20.9 Å². The first-order chi connectivity index (χ1) is 12.2. The molecule has 1 aliphatic heterocycles. The van der Waals surface area contributed by atoms with Crippen molar-refractivity contribution < 1.29 is 14.3 Å². The summed E-state index contributed by atoms with van der Waals surface area (Å²) in [4.78, 5) is 28.9. The molecule has 0 spiro atoms. The molecule has 136 valence electrons. The van der Waals surface area contributed by atoms with Gasteiger partial charge in [-0.1, -0.05) is 37.3 Å². The highest BCUT2D eigenvalue weighted by molar-refractivity contribution is 5.89. The summed E-state index contributed by atoms with van der Waals surface area (Å²) in [5.74, 6) is -0.265. The molecule has 1 N–H and O–H groups in total. The first-order valence-electron chi connectivity index (χ1n) is 9.12. The zero-order valence-electron chi connectivity index (χ0n) is 14.8. The Kier molecular flexibility index (Phi) is 6.04. The molecule has 6 nitrogen and oxygen atoms in total. The molecule has 1 heterocycles. The van der Waals surface area contributed by atoms with E-state index in [-0.39, 0.29) is 25.0 Å². The lowest BCUT2D eigenvalue weighted by molar-refractivity contribution is -0.155. The number of carbonyl (C=O) groups excluding carboxylic acids is 2. The molecule has 0 aromatic heterocycles. The highest BCUT2D eigenvalue weighted by atomic mass is 16.5. The van der Waals surface area contributed by atoms with E-state index in [2.05, 4.69) is 17.1 Å². The number of nitrogens with zero attached hydrogens (tertiary/aromatic N) is 2. The third-order valence-corrected chi connectivity index (χ3v) is 4.86. The van der Waals surface area contributed by atoms with Gasteiger partial charge in [-0.25, -0.2) is 0 Å². The highest BCUT2D eigenvalue weighted by Crippen LogP contribution is 2.25. The van der Waals surface area contributed by atoms with Crippen molar-refractivity contribution in [2.45, 2.75) is 38.4 Å². The summed E-state index contributed by atoms with van der Waals surface area (Å²) in [6.45, 7) is 5.35. The lowest BCUT2D eigenvalue weighted by Crippen LogP contribution is -2.56. The van der Waals surface area contributed by atoms with Crippen LogP contribution >= 0.6 is 0 Å². The third-order valence-electron chi connectivity index (χ3n) is 4.86. The number of nitrogens with one attached hydrogen (secondary N) is 1. The normalized spacial score (nSPS) is 20.8. The van der Waals surface area contributed by atoms with Gasteiger partial charge in [0.1, 0.15) is 12.6 Å². The van der Waals surface area contributed by atoms with Crippen LogP contribution < -0.4 is 5.32 Å². The maximum atomic E-state index is 12.6. The van der Waals surface area contributed by atoms with Crippen molar-refractivity contribution in [1.82, 2.24) is 15.1 Å². The number of likely N-dealkylation sites (N-methyl/N-ethyl adjacent to an activating group) is 1. The number of hydrogen-bond donors (Lipinski definition) is 1. The Morgan fingerprint density at radius 1 is 1.32 bits per heavy atom. The maximum Gasteiger partial charge on any atom is 0.249 e. The van der Waals surface area contributed by atoms with Crippen molar-refractivity contribution in [3.8, 4) is 0 Å². The van der Waals surface area contributed by atoms with Crippen LogP contribution in [0.2, 0.25) is 0 Å². The van der Waals surface area contributed by atoms with Gasteiger partial charge in [0.15, 0.2) is 0 Å². The average Bonchev–Trinajstić information content (AvgIpc) is 3.46. The van der Waals surface area contributed by atoms with Gasteiger partial charge in [-0.05, 0) is 24.9 Å². The molecule has 0 radical (unpaired) electrons. The van der Waals surface area contributed by atoms with E-state index >= 15 is 0 Å². The number of carbonyl (C=O) groups is 2. The van der Waals surface area contributed by atoms with E-state index in [0.717, 1.165) is 18.7 Å². The zero-order chi connectivity index (χ0) is 17.6. The van der Waals surface area contributed by atoms with Crippen molar-refractivity contribution in [3.63, 3.8) is 0 Å². The molecule has 1 saturated carbocycles. The molecule has 0 unspecified atom stereocenters. The Morgan fingerprint density at radius 3 is 2.76 bits per heavy atom. The van der Waals surface area contributed by atoms with Gasteiger partial charge in [0.2, 0.25) is 11.8 Å². The van der Waals surface area contributed by atoms with Gasteiger partial charge in [-0.3, -0.25) is 14.5 Å². The Bertz CT molecular complexity index is 589. The van der Waals surface area contributed by atoms with Gasteiger partial charge in [0, 0.05) is 25.7 Å². The maximum absolute atomic E-state index is 12.6. The van der Waals surface area contributed by atoms with Crippen LogP contribution in [0.3, 0.4) is 0 Å². The lowest BCUT2D eigenvalue weighted by atomic mass is 10.1. The number of amides is 2. The van der Waals surface area contributed by atoms with Crippen LogP contribution in [0.4, 0.5) is 0 Å². The molecule has 1 atom stereocenters. The van der Waals surface area contributed by atoms with Crippen LogP contribution in [0, 0.1) is 0 Å². The van der Waals surface area contributed by atoms with Crippen LogP contribution in [0.1, 0.15) is 25.3 Å².